The summed E-state index contributed by atoms with van der Waals surface area (Å²) < 4.78 is 7.83. The predicted molar refractivity (Wildman–Crippen MR) is 122 cm³/mol. The number of carbonyl (C=O) groups excluding carboxylic acids is 1. The van der Waals surface area contributed by atoms with Crippen molar-refractivity contribution in [2.45, 2.75) is 19.4 Å². The molecule has 4 aromatic rings. The molecule has 0 unspecified atom stereocenters. The summed E-state index contributed by atoms with van der Waals surface area (Å²) in [4.78, 5) is 26.7. The normalized spacial score (nSPS) is 15.8. The molecule has 0 aliphatic carbocycles. The molecule has 9 heteroatoms. The van der Waals surface area contributed by atoms with E-state index in [4.69, 9.17) is 4.74 Å². The highest BCUT2D eigenvalue weighted by Crippen LogP contribution is 2.44. The summed E-state index contributed by atoms with van der Waals surface area (Å²) in [6.45, 7) is 5.25. The van der Waals surface area contributed by atoms with Crippen molar-refractivity contribution in [3.63, 3.8) is 0 Å². The Bertz CT molecular complexity index is 1300. The summed E-state index contributed by atoms with van der Waals surface area (Å²) in [7, 11) is 0. The zero-order valence-corrected chi connectivity index (χ0v) is 18.3. The first-order valence-electron chi connectivity index (χ1n) is 11.2. The van der Waals surface area contributed by atoms with Crippen LogP contribution in [0.25, 0.3) is 11.2 Å². The third kappa shape index (κ3) is 3.19. The molecule has 9 nitrogen and oxygen atoms in total. The Balaban J connectivity index is 1.26. The Hall–Kier alpha value is -4.01. The number of benzene rings is 2. The maximum atomic E-state index is 13.8. The molecule has 0 saturated carbocycles. The third-order valence-corrected chi connectivity index (χ3v) is 6.40. The number of fused-ring (bicyclic) bond motifs is 3. The van der Waals surface area contributed by atoms with Crippen LogP contribution in [0.2, 0.25) is 0 Å². The van der Waals surface area contributed by atoms with E-state index >= 15 is 0 Å². The highest BCUT2D eigenvalue weighted by Gasteiger charge is 2.36. The van der Waals surface area contributed by atoms with Gasteiger partial charge in [0.15, 0.2) is 17.0 Å². The number of ether oxygens (including phenoxy) is 1. The zero-order chi connectivity index (χ0) is 22.4. The number of anilines is 1. The number of hydrogen-bond donors (Lipinski definition) is 0. The van der Waals surface area contributed by atoms with Crippen LogP contribution in [-0.2, 0) is 11.3 Å². The van der Waals surface area contributed by atoms with E-state index in [0.29, 0.717) is 38.2 Å². The Morgan fingerprint density at radius 2 is 1.64 bits per heavy atom. The van der Waals surface area contributed by atoms with Crippen molar-refractivity contribution in [2.24, 2.45) is 0 Å². The second kappa shape index (κ2) is 7.84. The smallest absolute Gasteiger partial charge is 0.234 e. The second-order valence-corrected chi connectivity index (χ2v) is 8.20. The Morgan fingerprint density at radius 1 is 0.970 bits per heavy atom. The molecule has 0 atom stereocenters. The average Bonchev–Trinajstić information content (AvgIpc) is 3.30. The first kappa shape index (κ1) is 19.7. The molecular weight excluding hydrogens is 418 g/mol. The largest absolute Gasteiger partial charge is 0.457 e. The SMILES string of the molecule is CCn1nnc2c(N3CCN(C(=O)C4c5ccccc5Oc5ccccc54)CC3)ncnc21. The van der Waals surface area contributed by atoms with E-state index in [-0.39, 0.29) is 11.8 Å². The van der Waals surface area contributed by atoms with Crippen LogP contribution in [-0.4, -0.2) is 61.9 Å². The van der Waals surface area contributed by atoms with E-state index in [2.05, 4.69) is 25.2 Å². The number of hydrogen-bond acceptors (Lipinski definition) is 7. The van der Waals surface area contributed by atoms with Gasteiger partial charge in [-0.1, -0.05) is 41.6 Å². The van der Waals surface area contributed by atoms with Crippen molar-refractivity contribution in [1.29, 1.82) is 0 Å². The number of para-hydroxylation sites is 2. The molecule has 2 aromatic carbocycles. The van der Waals surface area contributed by atoms with Gasteiger partial charge in [-0.15, -0.1) is 5.10 Å². The Kier molecular flexibility index (Phi) is 4.67. The van der Waals surface area contributed by atoms with Crippen molar-refractivity contribution in [1.82, 2.24) is 29.9 Å². The first-order chi connectivity index (χ1) is 16.2. The van der Waals surface area contributed by atoms with Gasteiger partial charge in [-0.2, -0.15) is 0 Å². The quantitative estimate of drug-likeness (QED) is 0.483. The summed E-state index contributed by atoms with van der Waals surface area (Å²) in [6, 6.07) is 15.6. The van der Waals surface area contributed by atoms with E-state index in [1.165, 1.54) is 0 Å². The molecule has 2 aliphatic rings. The van der Waals surface area contributed by atoms with Gasteiger partial charge in [-0.25, -0.2) is 14.6 Å². The van der Waals surface area contributed by atoms with Crippen LogP contribution in [0.4, 0.5) is 5.82 Å². The maximum Gasteiger partial charge on any atom is 0.234 e. The molecule has 6 rings (SSSR count). The van der Waals surface area contributed by atoms with Gasteiger partial charge in [0.2, 0.25) is 5.91 Å². The van der Waals surface area contributed by atoms with Gasteiger partial charge in [-0.05, 0) is 19.1 Å². The molecule has 1 saturated heterocycles. The Morgan fingerprint density at radius 3 is 2.30 bits per heavy atom. The summed E-state index contributed by atoms with van der Waals surface area (Å²) in [6.07, 6.45) is 1.56. The monoisotopic (exact) mass is 441 g/mol. The summed E-state index contributed by atoms with van der Waals surface area (Å²) >= 11 is 0. The van der Waals surface area contributed by atoms with Crippen LogP contribution in [0.3, 0.4) is 0 Å². The number of nitrogens with zero attached hydrogens (tertiary/aromatic N) is 7. The number of aryl methyl sites for hydroxylation is 1. The molecule has 0 spiro atoms. The van der Waals surface area contributed by atoms with Gasteiger partial charge < -0.3 is 14.5 Å². The van der Waals surface area contributed by atoms with Crippen molar-refractivity contribution in [3.8, 4) is 11.5 Å². The van der Waals surface area contributed by atoms with Crippen LogP contribution in [0.15, 0.2) is 54.9 Å². The van der Waals surface area contributed by atoms with Gasteiger partial charge in [0.25, 0.3) is 0 Å². The molecule has 0 bridgehead atoms. The second-order valence-electron chi connectivity index (χ2n) is 8.20. The van der Waals surface area contributed by atoms with Gasteiger partial charge in [0.05, 0.1) is 5.92 Å². The number of rotatable bonds is 3. The van der Waals surface area contributed by atoms with E-state index in [0.717, 1.165) is 34.1 Å². The molecule has 4 heterocycles. The maximum absolute atomic E-state index is 13.8. The van der Waals surface area contributed by atoms with Gasteiger partial charge >= 0.3 is 0 Å². The fourth-order valence-corrected chi connectivity index (χ4v) is 4.72. The van der Waals surface area contributed by atoms with E-state index in [1.807, 2.05) is 60.4 Å². The third-order valence-electron chi connectivity index (χ3n) is 6.40. The lowest BCUT2D eigenvalue weighted by molar-refractivity contribution is -0.132. The minimum Gasteiger partial charge on any atom is -0.457 e. The van der Waals surface area contributed by atoms with Gasteiger partial charge in [0, 0.05) is 43.9 Å². The molecule has 0 N–H and O–H groups in total. The van der Waals surface area contributed by atoms with Crippen LogP contribution >= 0.6 is 0 Å². The minimum atomic E-state index is -0.368. The Labute approximate surface area is 190 Å². The number of amides is 1. The molecule has 2 aromatic heterocycles. The fourth-order valence-electron chi connectivity index (χ4n) is 4.72. The van der Waals surface area contributed by atoms with Crippen LogP contribution < -0.4 is 9.64 Å². The summed E-state index contributed by atoms with van der Waals surface area (Å²) in [5.74, 6) is 2.00. The first-order valence-corrected chi connectivity index (χ1v) is 11.2. The van der Waals surface area contributed by atoms with Crippen molar-refractivity contribution < 1.29 is 9.53 Å². The highest BCUT2D eigenvalue weighted by atomic mass is 16.5. The molecule has 1 amide bonds. The van der Waals surface area contributed by atoms with Crippen LogP contribution in [0.5, 0.6) is 11.5 Å². The number of piperazine rings is 1. The molecule has 2 aliphatic heterocycles. The fraction of sp³-hybridized carbons (Fsp3) is 0.292. The lowest BCUT2D eigenvalue weighted by Crippen LogP contribution is -2.50. The van der Waals surface area contributed by atoms with Gasteiger partial charge in [0.1, 0.15) is 17.8 Å². The van der Waals surface area contributed by atoms with Crippen LogP contribution in [0.1, 0.15) is 24.0 Å². The van der Waals surface area contributed by atoms with Crippen molar-refractivity contribution in [3.05, 3.63) is 66.0 Å². The van der Waals surface area contributed by atoms with E-state index in [9.17, 15) is 4.79 Å². The number of carbonyl (C=O) groups is 1. The molecule has 0 radical (unpaired) electrons. The highest BCUT2D eigenvalue weighted by molar-refractivity contribution is 5.90. The van der Waals surface area contributed by atoms with E-state index in [1.54, 1.807) is 11.0 Å². The lowest BCUT2D eigenvalue weighted by atomic mass is 9.86. The average molecular weight is 441 g/mol. The summed E-state index contributed by atoms with van der Waals surface area (Å²) in [5.41, 5.74) is 3.26. The summed E-state index contributed by atoms with van der Waals surface area (Å²) in [5, 5.41) is 8.47. The number of aromatic nitrogens is 5. The standard InChI is InChI=1S/C24H23N7O2/c1-2-31-23-21(27-28-31)22(25-15-26-23)29-11-13-30(14-12-29)24(32)20-16-7-3-5-9-18(16)33-19-10-6-4-8-17(19)20/h3-10,15,20H,2,11-14H2,1H3. The topological polar surface area (TPSA) is 89.3 Å². The van der Waals surface area contributed by atoms with Crippen molar-refractivity contribution in [2.75, 3.05) is 31.1 Å². The lowest BCUT2D eigenvalue weighted by Gasteiger charge is -2.38. The van der Waals surface area contributed by atoms with Crippen molar-refractivity contribution >= 4 is 22.9 Å². The van der Waals surface area contributed by atoms with Gasteiger partial charge in [-0.3, -0.25) is 4.79 Å². The zero-order valence-electron chi connectivity index (χ0n) is 18.3. The predicted octanol–water partition coefficient (Wildman–Crippen LogP) is 2.83. The molecular formula is C24H23N7O2. The molecule has 166 valence electrons. The van der Waals surface area contributed by atoms with E-state index < -0.39 is 0 Å². The minimum absolute atomic E-state index is 0.0996. The molecule has 33 heavy (non-hydrogen) atoms. The van der Waals surface area contributed by atoms with Crippen LogP contribution in [0, 0.1) is 0 Å². The molecule has 1 fully saturated rings.